The Morgan fingerprint density at radius 1 is 1.62 bits per heavy atom. The van der Waals surface area contributed by atoms with Crippen molar-refractivity contribution in [3.63, 3.8) is 0 Å². The summed E-state index contributed by atoms with van der Waals surface area (Å²) >= 11 is 1.69. The van der Waals surface area contributed by atoms with E-state index in [2.05, 4.69) is 26.8 Å². The summed E-state index contributed by atoms with van der Waals surface area (Å²) in [7, 11) is 0. The molecule has 13 heavy (non-hydrogen) atoms. The van der Waals surface area contributed by atoms with Crippen LogP contribution in [0.3, 0.4) is 0 Å². The lowest BCUT2D eigenvalue weighted by molar-refractivity contribution is 0.559. The molecule has 0 aromatic carbocycles. The molecule has 0 bridgehead atoms. The Morgan fingerprint density at radius 3 is 2.85 bits per heavy atom. The van der Waals surface area contributed by atoms with Crippen LogP contribution in [0.4, 0.5) is 0 Å². The molecule has 1 aromatic rings. The molecule has 0 aliphatic carbocycles. The van der Waals surface area contributed by atoms with Crippen LogP contribution in [0.15, 0.2) is 5.38 Å². The molecular formula is C11H15NS. The van der Waals surface area contributed by atoms with Crippen LogP contribution >= 0.6 is 11.3 Å². The van der Waals surface area contributed by atoms with Gasteiger partial charge in [-0.25, -0.2) is 0 Å². The second-order valence-corrected chi connectivity index (χ2v) is 4.60. The first kappa shape index (κ1) is 10.3. The fraction of sp³-hybridized carbons (Fsp3) is 0.545. The molecule has 0 aliphatic heterocycles. The van der Waals surface area contributed by atoms with Gasteiger partial charge >= 0.3 is 0 Å². The lowest BCUT2D eigenvalue weighted by Crippen LogP contribution is -1.99. The molecule has 1 nitrogen and oxygen atoms in total. The Kier molecular flexibility index (Phi) is 3.50. The quantitative estimate of drug-likeness (QED) is 0.720. The van der Waals surface area contributed by atoms with E-state index in [9.17, 15) is 0 Å². The Bertz CT molecular complexity index is 319. The van der Waals surface area contributed by atoms with Gasteiger partial charge in [0.25, 0.3) is 0 Å². The number of rotatable bonds is 3. The van der Waals surface area contributed by atoms with Crippen LogP contribution in [0.25, 0.3) is 0 Å². The highest BCUT2D eigenvalue weighted by atomic mass is 32.1. The largest absolute Gasteiger partial charge is 0.192 e. The molecule has 1 unspecified atom stereocenters. The normalized spacial score (nSPS) is 12.5. The molecule has 1 aromatic heterocycles. The Labute approximate surface area is 84.0 Å². The molecule has 1 rings (SSSR count). The number of thiophene rings is 1. The molecule has 1 heterocycles. The molecule has 0 fully saturated rings. The second-order valence-electron chi connectivity index (χ2n) is 3.51. The second kappa shape index (κ2) is 4.43. The summed E-state index contributed by atoms with van der Waals surface area (Å²) in [5, 5.41) is 10.8. The molecular weight excluding hydrogens is 178 g/mol. The third-order valence-corrected chi connectivity index (χ3v) is 3.43. The Morgan fingerprint density at radius 2 is 2.31 bits per heavy atom. The van der Waals surface area contributed by atoms with Crippen LogP contribution in [0.5, 0.6) is 0 Å². The van der Waals surface area contributed by atoms with Gasteiger partial charge in [0, 0.05) is 10.3 Å². The highest BCUT2D eigenvalue weighted by Crippen LogP contribution is 2.24. The third kappa shape index (κ3) is 2.32. The molecule has 2 heteroatoms. The maximum Gasteiger partial charge on any atom is 0.100 e. The first-order valence-corrected chi connectivity index (χ1v) is 5.54. The van der Waals surface area contributed by atoms with E-state index >= 15 is 0 Å². The molecule has 0 saturated carbocycles. The minimum atomic E-state index is 0.681. The highest BCUT2D eigenvalue weighted by molar-refractivity contribution is 7.10. The van der Waals surface area contributed by atoms with Gasteiger partial charge in [-0.05, 0) is 24.8 Å². The van der Waals surface area contributed by atoms with Crippen LogP contribution < -0.4 is 0 Å². The van der Waals surface area contributed by atoms with Crippen LogP contribution in [0.2, 0.25) is 0 Å². The summed E-state index contributed by atoms with van der Waals surface area (Å²) in [5.74, 6) is 0.681. The number of hydrogen-bond acceptors (Lipinski definition) is 2. The van der Waals surface area contributed by atoms with E-state index in [0.717, 1.165) is 12.0 Å². The van der Waals surface area contributed by atoms with Gasteiger partial charge in [0.2, 0.25) is 0 Å². The van der Waals surface area contributed by atoms with Crippen molar-refractivity contribution >= 4 is 11.3 Å². The van der Waals surface area contributed by atoms with Crippen molar-refractivity contribution in [3.05, 3.63) is 21.4 Å². The fourth-order valence-corrected chi connectivity index (χ4v) is 2.14. The predicted molar refractivity (Wildman–Crippen MR) is 56.9 cm³/mol. The van der Waals surface area contributed by atoms with E-state index in [1.165, 1.54) is 16.9 Å². The lowest BCUT2D eigenvalue weighted by Gasteiger charge is -2.07. The minimum Gasteiger partial charge on any atom is -0.192 e. The summed E-state index contributed by atoms with van der Waals surface area (Å²) in [4.78, 5) is 1.30. The number of aryl methyl sites for hydroxylation is 1. The van der Waals surface area contributed by atoms with Crippen molar-refractivity contribution in [2.24, 2.45) is 5.92 Å². The molecule has 1 atom stereocenters. The molecule has 0 saturated heterocycles. The topological polar surface area (TPSA) is 23.8 Å². The zero-order valence-corrected chi connectivity index (χ0v) is 9.24. The van der Waals surface area contributed by atoms with E-state index in [-0.39, 0.29) is 0 Å². The van der Waals surface area contributed by atoms with Gasteiger partial charge in [-0.1, -0.05) is 20.3 Å². The van der Waals surface area contributed by atoms with Gasteiger partial charge in [0.05, 0.1) is 5.56 Å². The minimum absolute atomic E-state index is 0.681. The molecule has 0 aliphatic rings. The maximum absolute atomic E-state index is 8.87. The zero-order valence-electron chi connectivity index (χ0n) is 8.42. The van der Waals surface area contributed by atoms with Crippen LogP contribution in [-0.4, -0.2) is 0 Å². The van der Waals surface area contributed by atoms with E-state index < -0.39 is 0 Å². The van der Waals surface area contributed by atoms with Crippen LogP contribution in [0, 0.1) is 24.2 Å². The average molecular weight is 193 g/mol. The van der Waals surface area contributed by atoms with Gasteiger partial charge in [-0.2, -0.15) is 5.26 Å². The van der Waals surface area contributed by atoms with Crippen LogP contribution in [0.1, 0.15) is 36.3 Å². The van der Waals surface area contributed by atoms with Gasteiger partial charge in [-0.15, -0.1) is 11.3 Å². The maximum atomic E-state index is 8.87. The Balaban J connectivity index is 2.87. The van der Waals surface area contributed by atoms with Crippen molar-refractivity contribution in [2.45, 2.75) is 33.6 Å². The van der Waals surface area contributed by atoms with Gasteiger partial charge < -0.3 is 0 Å². The number of nitriles is 1. The Hall–Kier alpha value is -0.810. The number of nitrogens with zero attached hydrogens (tertiary/aromatic N) is 1. The third-order valence-electron chi connectivity index (χ3n) is 2.47. The summed E-state index contributed by atoms with van der Waals surface area (Å²) in [6.07, 6.45) is 2.23. The SMILES string of the molecule is CCC(C)Cc1c(C#N)csc1C. The monoisotopic (exact) mass is 193 g/mol. The van der Waals surface area contributed by atoms with E-state index in [0.29, 0.717) is 5.92 Å². The van der Waals surface area contributed by atoms with Crippen molar-refractivity contribution in [2.75, 3.05) is 0 Å². The molecule has 0 spiro atoms. The van der Waals surface area contributed by atoms with Gasteiger partial charge in [-0.3, -0.25) is 0 Å². The van der Waals surface area contributed by atoms with Crippen molar-refractivity contribution in [3.8, 4) is 6.07 Å². The summed E-state index contributed by atoms with van der Waals surface area (Å²) < 4.78 is 0. The average Bonchev–Trinajstić information content (AvgIpc) is 2.48. The van der Waals surface area contributed by atoms with Crippen molar-refractivity contribution < 1.29 is 0 Å². The van der Waals surface area contributed by atoms with Crippen LogP contribution in [-0.2, 0) is 6.42 Å². The van der Waals surface area contributed by atoms with Gasteiger partial charge in [0.15, 0.2) is 0 Å². The molecule has 0 amide bonds. The molecule has 0 N–H and O–H groups in total. The molecule has 0 radical (unpaired) electrons. The van der Waals surface area contributed by atoms with E-state index in [4.69, 9.17) is 5.26 Å². The van der Waals surface area contributed by atoms with Crippen molar-refractivity contribution in [1.82, 2.24) is 0 Å². The fourth-order valence-electron chi connectivity index (χ4n) is 1.32. The summed E-state index contributed by atoms with van der Waals surface area (Å²) in [6.45, 7) is 6.53. The van der Waals surface area contributed by atoms with Crippen molar-refractivity contribution in [1.29, 1.82) is 5.26 Å². The first-order valence-electron chi connectivity index (χ1n) is 4.66. The lowest BCUT2D eigenvalue weighted by atomic mass is 9.97. The summed E-state index contributed by atoms with van der Waals surface area (Å²) in [6, 6.07) is 2.26. The van der Waals surface area contributed by atoms with E-state index in [1.807, 2.05) is 5.38 Å². The highest BCUT2D eigenvalue weighted by Gasteiger charge is 2.10. The first-order chi connectivity index (χ1) is 6.19. The van der Waals surface area contributed by atoms with Gasteiger partial charge in [0.1, 0.15) is 6.07 Å². The van der Waals surface area contributed by atoms with E-state index in [1.54, 1.807) is 11.3 Å². The zero-order chi connectivity index (χ0) is 9.84. The summed E-state index contributed by atoms with van der Waals surface area (Å²) in [5.41, 5.74) is 2.14. The number of hydrogen-bond donors (Lipinski definition) is 0. The molecule has 70 valence electrons. The predicted octanol–water partition coefficient (Wildman–Crippen LogP) is 3.52. The smallest absolute Gasteiger partial charge is 0.100 e. The standard InChI is InChI=1S/C11H15NS/c1-4-8(2)5-11-9(3)13-7-10(11)6-12/h7-8H,4-5H2,1-3H3.